The highest BCUT2D eigenvalue weighted by Crippen LogP contribution is 2.29. The Hall–Kier alpha value is -1.64. The Bertz CT molecular complexity index is 823. The summed E-state index contributed by atoms with van der Waals surface area (Å²) >= 11 is 8.86. The highest BCUT2D eigenvalue weighted by atomic mass is 79.9. The fourth-order valence-electron chi connectivity index (χ4n) is 2.21. The van der Waals surface area contributed by atoms with E-state index in [1.165, 1.54) is 17.7 Å². The molecule has 0 spiro atoms. The third-order valence-corrected chi connectivity index (χ3v) is 4.01. The first kappa shape index (κ1) is 16.7. The first-order chi connectivity index (χ1) is 10.5. The highest BCUT2D eigenvalue weighted by Gasteiger charge is 2.22. The molecule has 0 N–H and O–H groups in total. The van der Waals surface area contributed by atoms with Gasteiger partial charge in [0.05, 0.1) is 0 Å². The van der Waals surface area contributed by atoms with Crippen molar-refractivity contribution in [3.63, 3.8) is 0 Å². The summed E-state index contributed by atoms with van der Waals surface area (Å²) in [6.07, 6.45) is 0.169. The number of hydrogen-bond donors (Lipinski definition) is 0. The van der Waals surface area contributed by atoms with Gasteiger partial charge in [-0.3, -0.25) is 4.79 Å². The molecule has 1 aromatic heterocycles. The van der Waals surface area contributed by atoms with Crippen LogP contribution in [-0.4, -0.2) is 4.57 Å². The Balaban J connectivity index is 2.65. The summed E-state index contributed by atoms with van der Waals surface area (Å²) < 4.78 is 28.8. The van der Waals surface area contributed by atoms with Gasteiger partial charge in [-0.2, -0.15) is 0 Å². The lowest BCUT2D eigenvalue weighted by molar-refractivity contribution is 0.574. The van der Waals surface area contributed by atoms with Gasteiger partial charge in [0.1, 0.15) is 16.8 Å². The Morgan fingerprint density at radius 2 is 2.00 bits per heavy atom. The highest BCUT2D eigenvalue weighted by molar-refractivity contribution is 9.12. The van der Waals surface area contributed by atoms with Gasteiger partial charge in [-0.1, -0.05) is 17.5 Å². The molecule has 1 unspecified atom stereocenters. The number of rotatable bonds is 3. The van der Waals surface area contributed by atoms with Crippen molar-refractivity contribution < 1.29 is 8.78 Å². The van der Waals surface area contributed by atoms with Crippen LogP contribution >= 0.6 is 27.5 Å². The normalized spacial score (nSPS) is 11.7. The fraction of sp³-hybridized carbons (Fsp3) is 0.188. The van der Waals surface area contributed by atoms with Crippen LogP contribution < -0.4 is 5.56 Å². The van der Waals surface area contributed by atoms with E-state index < -0.39 is 17.6 Å². The largest absolute Gasteiger partial charge is 0.302 e. The van der Waals surface area contributed by atoms with E-state index in [4.69, 9.17) is 11.6 Å². The van der Waals surface area contributed by atoms with Crippen LogP contribution in [0.4, 0.5) is 8.78 Å². The van der Waals surface area contributed by atoms with Crippen molar-refractivity contribution >= 4 is 27.5 Å². The van der Waals surface area contributed by atoms with Crippen LogP contribution in [0.25, 0.3) is 0 Å². The molecule has 2 aromatic rings. The first-order valence-electron chi connectivity index (χ1n) is 6.34. The Morgan fingerprint density at radius 3 is 2.68 bits per heavy atom. The molecule has 1 heterocycles. The maximum absolute atomic E-state index is 14.1. The van der Waals surface area contributed by atoms with Crippen molar-refractivity contribution in [3.8, 4) is 10.8 Å². The van der Waals surface area contributed by atoms with Gasteiger partial charge < -0.3 is 4.57 Å². The summed E-state index contributed by atoms with van der Waals surface area (Å²) in [5, 5.41) is 0.263. The van der Waals surface area contributed by atoms with E-state index in [0.29, 0.717) is 5.56 Å². The van der Waals surface area contributed by atoms with Gasteiger partial charge in [-0.25, -0.2) is 8.78 Å². The van der Waals surface area contributed by atoms with E-state index in [0.717, 1.165) is 18.2 Å². The van der Waals surface area contributed by atoms with Crippen molar-refractivity contribution in [3.05, 3.63) is 68.6 Å². The minimum absolute atomic E-state index is 0.0923. The number of aromatic nitrogens is 1. The van der Waals surface area contributed by atoms with Crippen LogP contribution in [0.2, 0.25) is 5.15 Å². The quantitative estimate of drug-likeness (QED) is 0.572. The van der Waals surface area contributed by atoms with E-state index >= 15 is 0 Å². The first-order valence-corrected chi connectivity index (χ1v) is 7.51. The molecule has 0 amide bonds. The molecule has 114 valence electrons. The molecule has 0 aliphatic rings. The molecule has 0 saturated carbocycles. The molecule has 0 radical (unpaired) electrons. The summed E-state index contributed by atoms with van der Waals surface area (Å²) in [5.74, 6) is 0.912. The van der Waals surface area contributed by atoms with Crippen LogP contribution in [0.15, 0.2) is 35.1 Å². The summed E-state index contributed by atoms with van der Waals surface area (Å²) in [5.41, 5.74) is 0.0406. The second-order valence-electron chi connectivity index (χ2n) is 4.67. The van der Waals surface area contributed by atoms with Crippen molar-refractivity contribution in [1.82, 2.24) is 4.57 Å². The number of halogens is 4. The van der Waals surface area contributed by atoms with E-state index in [9.17, 15) is 13.6 Å². The molecule has 1 atom stereocenters. The topological polar surface area (TPSA) is 22.0 Å². The zero-order valence-corrected chi connectivity index (χ0v) is 13.9. The van der Waals surface area contributed by atoms with Crippen LogP contribution in [0.3, 0.4) is 0 Å². The number of nitrogens with zero attached hydrogens (tertiary/aromatic N) is 1. The average molecular weight is 387 g/mol. The molecule has 0 saturated heterocycles. The van der Waals surface area contributed by atoms with Gasteiger partial charge in [0.25, 0.3) is 5.56 Å². The smallest absolute Gasteiger partial charge is 0.255 e. The van der Waals surface area contributed by atoms with Gasteiger partial charge in [0.15, 0.2) is 0 Å². The van der Waals surface area contributed by atoms with Crippen LogP contribution in [0.5, 0.6) is 0 Å². The molecule has 2 rings (SSSR count). The zero-order chi connectivity index (χ0) is 16.3. The van der Waals surface area contributed by atoms with Gasteiger partial charge in [0.2, 0.25) is 0 Å². The lowest BCUT2D eigenvalue weighted by Gasteiger charge is -2.17. The molecular weight excluding hydrogens is 376 g/mol. The van der Waals surface area contributed by atoms with E-state index in [1.54, 1.807) is 6.07 Å². The number of pyridine rings is 1. The predicted octanol–water partition coefficient (Wildman–Crippen LogP) is 4.19. The van der Waals surface area contributed by atoms with Crippen LogP contribution in [-0.2, 0) is 7.05 Å². The number of benzene rings is 1. The third-order valence-electron chi connectivity index (χ3n) is 3.35. The Morgan fingerprint density at radius 1 is 1.27 bits per heavy atom. The monoisotopic (exact) mass is 385 g/mol. The second kappa shape index (κ2) is 7.08. The van der Waals surface area contributed by atoms with Gasteiger partial charge >= 0.3 is 0 Å². The molecule has 2 nitrogen and oxygen atoms in total. The van der Waals surface area contributed by atoms with Crippen molar-refractivity contribution in [2.24, 2.45) is 7.05 Å². The minimum atomic E-state index is -0.684. The van der Waals surface area contributed by atoms with E-state index in [1.807, 2.05) is 0 Å². The third kappa shape index (κ3) is 3.40. The summed E-state index contributed by atoms with van der Waals surface area (Å²) in [4.78, 5) is 14.9. The Labute approximate surface area is 139 Å². The van der Waals surface area contributed by atoms with Crippen molar-refractivity contribution in [2.45, 2.75) is 12.3 Å². The summed E-state index contributed by atoms with van der Waals surface area (Å²) in [7, 11) is 1.52. The molecule has 22 heavy (non-hydrogen) atoms. The second-order valence-corrected chi connectivity index (χ2v) is 5.45. The fourth-order valence-corrected chi connectivity index (χ4v) is 2.51. The predicted molar refractivity (Wildman–Crippen MR) is 86.2 cm³/mol. The van der Waals surface area contributed by atoms with Crippen LogP contribution in [0.1, 0.15) is 23.5 Å². The maximum Gasteiger partial charge on any atom is 0.255 e. The van der Waals surface area contributed by atoms with E-state index in [-0.39, 0.29) is 22.7 Å². The maximum atomic E-state index is 14.1. The van der Waals surface area contributed by atoms with Crippen LogP contribution in [0, 0.1) is 22.4 Å². The van der Waals surface area contributed by atoms with Gasteiger partial charge in [-0.05, 0) is 40.7 Å². The van der Waals surface area contributed by atoms with Crippen molar-refractivity contribution in [1.29, 1.82) is 0 Å². The van der Waals surface area contributed by atoms with Gasteiger partial charge in [-0.15, -0.1) is 0 Å². The minimum Gasteiger partial charge on any atom is -0.302 e. The zero-order valence-electron chi connectivity index (χ0n) is 11.5. The SMILES string of the molecule is Cn1c(Cl)ccc(C(CC#CBr)c2cc(F)ccc2F)c1=O. The molecule has 0 fully saturated rings. The molecule has 6 heteroatoms. The number of hydrogen-bond acceptors (Lipinski definition) is 1. The van der Waals surface area contributed by atoms with E-state index in [2.05, 4.69) is 26.7 Å². The Kier molecular flexibility index (Phi) is 5.38. The molecule has 0 aliphatic heterocycles. The van der Waals surface area contributed by atoms with Crippen molar-refractivity contribution in [2.75, 3.05) is 0 Å². The average Bonchev–Trinajstić information content (AvgIpc) is 2.50. The lowest BCUT2D eigenvalue weighted by Crippen LogP contribution is -2.24. The lowest BCUT2D eigenvalue weighted by atomic mass is 9.89. The summed E-state index contributed by atoms with van der Waals surface area (Å²) in [6.45, 7) is 0. The standard InChI is InChI=1S/C16H11BrClF2NO/c1-21-15(18)7-5-12(16(21)22)11(3-2-8-17)13-9-10(19)4-6-14(13)20/h4-7,9,11H,3H2,1H3. The summed E-state index contributed by atoms with van der Waals surface area (Å²) in [6, 6.07) is 6.23. The molecule has 1 aromatic carbocycles. The molecular formula is C16H11BrClF2NO. The molecule has 0 bridgehead atoms. The van der Waals surface area contributed by atoms with Gasteiger partial charge in [0, 0.05) is 40.9 Å². The molecule has 0 aliphatic carbocycles.